The van der Waals surface area contributed by atoms with Gasteiger partial charge in [-0.2, -0.15) is 0 Å². The highest BCUT2D eigenvalue weighted by Gasteiger charge is 2.20. The van der Waals surface area contributed by atoms with Crippen LogP contribution in [0.2, 0.25) is 0 Å². The van der Waals surface area contributed by atoms with Crippen molar-refractivity contribution >= 4 is 27.5 Å². The number of nitrogens with two attached hydrogens (primary N) is 1. The number of benzene rings is 1. The van der Waals surface area contributed by atoms with Crippen LogP contribution in [0.15, 0.2) is 16.6 Å². The second-order valence-corrected chi connectivity index (χ2v) is 4.53. The average molecular weight is 340 g/mol. The summed E-state index contributed by atoms with van der Waals surface area (Å²) in [5, 5.41) is 16.1. The Morgan fingerprint density at radius 1 is 1.47 bits per heavy atom. The van der Waals surface area contributed by atoms with E-state index in [2.05, 4.69) is 15.9 Å². The summed E-state index contributed by atoms with van der Waals surface area (Å²) in [4.78, 5) is 1.04. The van der Waals surface area contributed by atoms with E-state index in [0.717, 1.165) is 4.90 Å². The van der Waals surface area contributed by atoms with Gasteiger partial charge in [0.25, 0.3) is 6.43 Å². The van der Waals surface area contributed by atoms with Gasteiger partial charge in [-0.25, -0.2) is 13.2 Å². The van der Waals surface area contributed by atoms with Crippen LogP contribution >= 0.6 is 15.9 Å². The van der Waals surface area contributed by atoms with Crippen molar-refractivity contribution in [2.45, 2.75) is 6.43 Å². The number of rotatable bonds is 6. The lowest BCUT2D eigenvalue weighted by molar-refractivity contribution is 0.152. The van der Waals surface area contributed by atoms with Gasteiger partial charge in [0.1, 0.15) is 5.84 Å². The van der Waals surface area contributed by atoms with Crippen molar-refractivity contribution < 1.29 is 18.3 Å². The topological polar surface area (TPSA) is 73.3 Å². The van der Waals surface area contributed by atoms with Crippen molar-refractivity contribution in [3.05, 3.63) is 28.0 Å². The molecule has 0 radical (unpaired) electrons. The summed E-state index contributed by atoms with van der Waals surface area (Å²) in [5.41, 5.74) is 5.33. The molecule has 8 heteroatoms. The highest BCUT2D eigenvalue weighted by molar-refractivity contribution is 9.10. The zero-order chi connectivity index (χ0) is 14.6. The lowest BCUT2D eigenvalue weighted by Gasteiger charge is -2.24. The smallest absolute Gasteiger partial charge is 0.255 e. The van der Waals surface area contributed by atoms with Crippen molar-refractivity contribution in [3.63, 3.8) is 0 Å². The maximum absolute atomic E-state index is 14.1. The molecule has 1 rings (SSSR count). The molecule has 1 aromatic carbocycles. The van der Waals surface area contributed by atoms with E-state index < -0.39 is 18.8 Å². The van der Waals surface area contributed by atoms with Gasteiger partial charge in [0.2, 0.25) is 0 Å². The van der Waals surface area contributed by atoms with Gasteiger partial charge in [-0.1, -0.05) is 0 Å². The van der Waals surface area contributed by atoms with Gasteiger partial charge in [-0.15, -0.1) is 0 Å². The minimum Gasteiger partial charge on any atom is -0.395 e. The van der Waals surface area contributed by atoms with Crippen molar-refractivity contribution in [1.29, 1.82) is 5.41 Å². The highest BCUT2D eigenvalue weighted by atomic mass is 79.9. The first kappa shape index (κ1) is 15.8. The van der Waals surface area contributed by atoms with E-state index in [0.29, 0.717) is 0 Å². The molecular weight excluding hydrogens is 327 g/mol. The second-order valence-electron chi connectivity index (χ2n) is 3.73. The molecule has 4 nitrogen and oxygen atoms in total. The van der Waals surface area contributed by atoms with Gasteiger partial charge in [-0.05, 0) is 28.1 Å². The predicted molar refractivity (Wildman–Crippen MR) is 70.4 cm³/mol. The first-order valence-electron chi connectivity index (χ1n) is 5.34. The van der Waals surface area contributed by atoms with E-state index in [1.54, 1.807) is 0 Å². The number of nitrogen functional groups attached to an aromatic ring is 1. The summed E-state index contributed by atoms with van der Waals surface area (Å²) < 4.78 is 38.9. The third-order valence-electron chi connectivity index (χ3n) is 2.42. The van der Waals surface area contributed by atoms with Crippen molar-refractivity contribution in [2.24, 2.45) is 5.73 Å². The summed E-state index contributed by atoms with van der Waals surface area (Å²) in [6.45, 7) is -1.19. The van der Waals surface area contributed by atoms with Crippen LogP contribution < -0.4 is 10.6 Å². The average Bonchev–Trinajstić information content (AvgIpc) is 2.31. The number of alkyl halides is 2. The number of aliphatic hydroxyl groups excluding tert-OH is 1. The molecule has 0 heterocycles. The Balaban J connectivity index is 3.17. The van der Waals surface area contributed by atoms with E-state index in [1.165, 1.54) is 12.1 Å². The van der Waals surface area contributed by atoms with Crippen molar-refractivity contribution in [2.75, 3.05) is 24.6 Å². The largest absolute Gasteiger partial charge is 0.395 e. The van der Waals surface area contributed by atoms with Crippen LogP contribution in [-0.4, -0.2) is 37.1 Å². The van der Waals surface area contributed by atoms with E-state index >= 15 is 0 Å². The first-order chi connectivity index (χ1) is 8.88. The van der Waals surface area contributed by atoms with Gasteiger partial charge < -0.3 is 15.7 Å². The summed E-state index contributed by atoms with van der Waals surface area (Å²) >= 11 is 2.94. The monoisotopic (exact) mass is 339 g/mol. The van der Waals surface area contributed by atoms with Gasteiger partial charge >= 0.3 is 0 Å². The molecule has 0 aliphatic carbocycles. The molecule has 0 saturated carbocycles. The van der Waals surface area contributed by atoms with Crippen molar-refractivity contribution in [3.8, 4) is 0 Å². The Hall–Kier alpha value is -1.28. The molecule has 0 spiro atoms. The summed E-state index contributed by atoms with van der Waals surface area (Å²) in [5.74, 6) is -1.12. The Labute approximate surface area is 116 Å². The lowest BCUT2D eigenvalue weighted by atomic mass is 10.1. The maximum atomic E-state index is 14.1. The van der Waals surface area contributed by atoms with Crippen molar-refractivity contribution in [1.82, 2.24) is 0 Å². The molecule has 1 aromatic rings. The third kappa shape index (κ3) is 3.84. The van der Waals surface area contributed by atoms with E-state index in [1.807, 2.05) is 0 Å². The standard InChI is InChI=1S/C11H13BrF3N3O/c12-9-6(11(16)17)1-2-7(10(9)15)18(3-4-19)5-8(13)14/h1-2,8,19H,3-5H2,(H3,16,17). The van der Waals surface area contributed by atoms with Crippen LogP contribution in [0.25, 0.3) is 0 Å². The molecule has 0 unspecified atom stereocenters. The molecule has 0 fully saturated rings. The summed E-state index contributed by atoms with van der Waals surface area (Å²) in [7, 11) is 0. The second kappa shape index (κ2) is 6.76. The molecule has 0 aliphatic heterocycles. The Bertz CT molecular complexity index is 471. The SMILES string of the molecule is N=C(N)c1ccc(N(CCO)CC(F)F)c(F)c1Br. The number of aliphatic hydroxyl groups is 1. The molecule has 0 amide bonds. The van der Waals surface area contributed by atoms with Gasteiger partial charge in [0.15, 0.2) is 5.82 Å². The van der Waals surface area contributed by atoms with Crippen LogP contribution in [0.5, 0.6) is 0 Å². The van der Waals surface area contributed by atoms with Crippen LogP contribution in [0, 0.1) is 11.2 Å². The maximum Gasteiger partial charge on any atom is 0.255 e. The predicted octanol–water partition coefficient (Wildman–Crippen LogP) is 1.94. The molecule has 106 valence electrons. The zero-order valence-electron chi connectivity index (χ0n) is 9.84. The van der Waals surface area contributed by atoms with Gasteiger partial charge in [0, 0.05) is 12.1 Å². The molecule has 0 aliphatic rings. The summed E-state index contributed by atoms with van der Waals surface area (Å²) in [6, 6.07) is 2.62. The fraction of sp³-hybridized carbons (Fsp3) is 0.364. The van der Waals surface area contributed by atoms with E-state index in [9.17, 15) is 13.2 Å². The van der Waals surface area contributed by atoms with E-state index in [-0.39, 0.29) is 34.7 Å². The lowest BCUT2D eigenvalue weighted by Crippen LogP contribution is -2.32. The minimum absolute atomic E-state index is 0.0605. The Morgan fingerprint density at radius 2 is 2.11 bits per heavy atom. The molecule has 19 heavy (non-hydrogen) atoms. The third-order valence-corrected chi connectivity index (χ3v) is 3.20. The number of nitrogens with one attached hydrogen (secondary N) is 1. The van der Waals surface area contributed by atoms with Crippen LogP contribution in [-0.2, 0) is 0 Å². The van der Waals surface area contributed by atoms with E-state index in [4.69, 9.17) is 16.2 Å². The molecule has 0 saturated heterocycles. The first-order valence-corrected chi connectivity index (χ1v) is 6.14. The molecular formula is C11H13BrF3N3O. The quantitative estimate of drug-likeness (QED) is 0.547. The molecule has 0 bridgehead atoms. The number of anilines is 1. The number of halogens is 4. The fourth-order valence-corrected chi connectivity index (χ4v) is 2.14. The zero-order valence-corrected chi connectivity index (χ0v) is 11.4. The molecule has 4 N–H and O–H groups in total. The number of hydrogen-bond acceptors (Lipinski definition) is 3. The number of amidine groups is 1. The number of hydrogen-bond donors (Lipinski definition) is 3. The summed E-state index contributed by atoms with van der Waals surface area (Å²) in [6.07, 6.45) is -2.66. The Kier molecular flexibility index (Phi) is 5.61. The normalized spacial score (nSPS) is 10.8. The van der Waals surface area contributed by atoms with Crippen LogP contribution in [0.4, 0.5) is 18.9 Å². The van der Waals surface area contributed by atoms with Crippen LogP contribution in [0.1, 0.15) is 5.56 Å². The Morgan fingerprint density at radius 3 is 2.58 bits per heavy atom. The van der Waals surface area contributed by atoms with Gasteiger partial charge in [0.05, 0.1) is 23.3 Å². The number of nitrogens with zero attached hydrogens (tertiary/aromatic N) is 1. The molecule has 0 atom stereocenters. The highest BCUT2D eigenvalue weighted by Crippen LogP contribution is 2.29. The van der Waals surface area contributed by atoms with Crippen LogP contribution in [0.3, 0.4) is 0 Å². The fourth-order valence-electron chi connectivity index (χ4n) is 1.59. The minimum atomic E-state index is -2.66. The van der Waals surface area contributed by atoms with Gasteiger partial charge in [-0.3, -0.25) is 5.41 Å². The molecule has 0 aromatic heterocycles.